The second-order valence-electron chi connectivity index (χ2n) is 8.46. The van der Waals surface area contributed by atoms with Crippen LogP contribution in [0.5, 0.6) is 0 Å². The first-order valence-corrected chi connectivity index (χ1v) is 11.6. The number of benzene rings is 2. The van der Waals surface area contributed by atoms with Gasteiger partial charge in [0.25, 0.3) is 0 Å². The van der Waals surface area contributed by atoms with Crippen LogP contribution < -0.4 is 0 Å². The standard InChI is InChI=1S/C29H26N4O/c34-27(14-13-22-8-3-1-4-9-22)33-19-7-12-25(21-33)28-26(23-10-5-2-6-11-23)20-31-29(32-28)24-15-17-30-18-16-24/h1-6,8-11,13-18,20,25H,7,12,19,21H2. The van der Waals surface area contributed by atoms with E-state index in [1.807, 2.05) is 77.8 Å². The van der Waals surface area contributed by atoms with Gasteiger partial charge >= 0.3 is 0 Å². The van der Waals surface area contributed by atoms with E-state index in [9.17, 15) is 4.79 Å². The molecule has 0 aliphatic carbocycles. The van der Waals surface area contributed by atoms with E-state index in [2.05, 4.69) is 22.1 Å². The Morgan fingerprint density at radius 2 is 1.65 bits per heavy atom. The molecule has 34 heavy (non-hydrogen) atoms. The van der Waals surface area contributed by atoms with Gasteiger partial charge in [-0.1, -0.05) is 60.7 Å². The van der Waals surface area contributed by atoms with Crippen molar-refractivity contribution < 1.29 is 4.79 Å². The smallest absolute Gasteiger partial charge is 0.246 e. The molecule has 1 fully saturated rings. The van der Waals surface area contributed by atoms with Crippen LogP contribution in [-0.2, 0) is 4.79 Å². The van der Waals surface area contributed by atoms with Gasteiger partial charge in [0, 0.05) is 54.8 Å². The number of nitrogens with zero attached hydrogens (tertiary/aromatic N) is 4. The van der Waals surface area contributed by atoms with E-state index < -0.39 is 0 Å². The summed E-state index contributed by atoms with van der Waals surface area (Å²) in [6, 6.07) is 24.0. The fraction of sp³-hybridized carbons (Fsp3) is 0.172. The lowest BCUT2D eigenvalue weighted by Crippen LogP contribution is -2.38. The first-order chi connectivity index (χ1) is 16.8. The first-order valence-electron chi connectivity index (χ1n) is 11.6. The van der Waals surface area contributed by atoms with Crippen LogP contribution in [0.4, 0.5) is 0 Å². The number of aromatic nitrogens is 3. The first kappa shape index (κ1) is 21.7. The van der Waals surface area contributed by atoms with Crippen molar-refractivity contribution >= 4 is 12.0 Å². The zero-order valence-electron chi connectivity index (χ0n) is 18.9. The van der Waals surface area contributed by atoms with Crippen molar-refractivity contribution in [3.63, 3.8) is 0 Å². The molecular formula is C29H26N4O. The third-order valence-electron chi connectivity index (χ3n) is 6.18. The van der Waals surface area contributed by atoms with Crippen molar-refractivity contribution in [3.8, 4) is 22.5 Å². The molecule has 0 radical (unpaired) electrons. The lowest BCUT2D eigenvalue weighted by atomic mass is 9.89. The van der Waals surface area contributed by atoms with E-state index in [-0.39, 0.29) is 11.8 Å². The number of likely N-dealkylation sites (tertiary alicyclic amines) is 1. The van der Waals surface area contributed by atoms with E-state index >= 15 is 0 Å². The lowest BCUT2D eigenvalue weighted by Gasteiger charge is -2.32. The summed E-state index contributed by atoms with van der Waals surface area (Å²) in [5.74, 6) is 0.865. The van der Waals surface area contributed by atoms with Crippen molar-refractivity contribution in [1.29, 1.82) is 0 Å². The number of rotatable bonds is 5. The molecule has 168 valence electrons. The Balaban J connectivity index is 1.45. The van der Waals surface area contributed by atoms with Gasteiger partial charge < -0.3 is 4.90 Å². The average molecular weight is 447 g/mol. The highest BCUT2D eigenvalue weighted by atomic mass is 16.2. The van der Waals surface area contributed by atoms with Gasteiger partial charge in [0.05, 0.1) is 5.69 Å². The third-order valence-corrected chi connectivity index (χ3v) is 6.18. The van der Waals surface area contributed by atoms with Gasteiger partial charge in [-0.2, -0.15) is 0 Å². The second-order valence-corrected chi connectivity index (χ2v) is 8.46. The summed E-state index contributed by atoms with van der Waals surface area (Å²) in [5.41, 5.74) is 5.07. The fourth-order valence-corrected chi connectivity index (χ4v) is 4.42. The van der Waals surface area contributed by atoms with E-state index in [1.165, 1.54) is 0 Å². The van der Waals surface area contributed by atoms with Crippen molar-refractivity contribution in [1.82, 2.24) is 19.9 Å². The molecule has 0 N–H and O–H groups in total. The Labute approximate surface area is 199 Å². The molecule has 0 bridgehead atoms. The topological polar surface area (TPSA) is 59.0 Å². The quantitative estimate of drug-likeness (QED) is 0.373. The Morgan fingerprint density at radius 1 is 0.912 bits per heavy atom. The zero-order valence-corrected chi connectivity index (χ0v) is 18.9. The van der Waals surface area contributed by atoms with Crippen LogP contribution in [0, 0.1) is 0 Å². The molecule has 1 saturated heterocycles. The summed E-state index contributed by atoms with van der Waals surface area (Å²) >= 11 is 0. The van der Waals surface area contributed by atoms with Gasteiger partial charge in [-0.25, -0.2) is 9.97 Å². The number of piperidine rings is 1. The fourth-order valence-electron chi connectivity index (χ4n) is 4.42. The molecule has 4 aromatic rings. The molecule has 5 heteroatoms. The highest BCUT2D eigenvalue weighted by Crippen LogP contribution is 2.34. The maximum atomic E-state index is 13.0. The Morgan fingerprint density at radius 3 is 2.41 bits per heavy atom. The number of carbonyl (C=O) groups is 1. The molecule has 0 spiro atoms. The summed E-state index contributed by atoms with van der Waals surface area (Å²) in [5, 5.41) is 0. The number of carbonyl (C=O) groups excluding carboxylic acids is 1. The van der Waals surface area contributed by atoms with Gasteiger partial charge in [-0.15, -0.1) is 0 Å². The van der Waals surface area contributed by atoms with Crippen molar-refractivity contribution in [3.05, 3.63) is 109 Å². The molecule has 3 heterocycles. The summed E-state index contributed by atoms with van der Waals surface area (Å²) < 4.78 is 0. The van der Waals surface area contributed by atoms with Crippen LogP contribution in [0.25, 0.3) is 28.6 Å². The van der Waals surface area contributed by atoms with Crippen LogP contribution in [0.3, 0.4) is 0 Å². The third kappa shape index (κ3) is 4.94. The predicted molar refractivity (Wildman–Crippen MR) is 135 cm³/mol. The number of amides is 1. The van der Waals surface area contributed by atoms with Crippen LogP contribution in [0.2, 0.25) is 0 Å². The minimum Gasteiger partial charge on any atom is -0.338 e. The maximum Gasteiger partial charge on any atom is 0.246 e. The molecule has 1 unspecified atom stereocenters. The lowest BCUT2D eigenvalue weighted by molar-refractivity contribution is -0.127. The zero-order chi connectivity index (χ0) is 23.2. The Hall–Kier alpha value is -4.12. The average Bonchev–Trinajstić information content (AvgIpc) is 2.93. The van der Waals surface area contributed by atoms with E-state index in [1.54, 1.807) is 18.5 Å². The molecule has 2 aromatic heterocycles. The predicted octanol–water partition coefficient (Wildman–Crippen LogP) is 5.63. The number of pyridine rings is 1. The molecular weight excluding hydrogens is 420 g/mol. The highest BCUT2D eigenvalue weighted by Gasteiger charge is 2.27. The highest BCUT2D eigenvalue weighted by molar-refractivity contribution is 5.92. The second kappa shape index (κ2) is 10.2. The maximum absolute atomic E-state index is 13.0. The summed E-state index contributed by atoms with van der Waals surface area (Å²) in [7, 11) is 0. The summed E-state index contributed by atoms with van der Waals surface area (Å²) in [4.78, 5) is 28.7. The monoisotopic (exact) mass is 446 g/mol. The Bertz CT molecular complexity index is 1270. The van der Waals surface area contributed by atoms with E-state index in [4.69, 9.17) is 4.98 Å². The van der Waals surface area contributed by atoms with Crippen molar-refractivity contribution in [2.75, 3.05) is 13.1 Å². The van der Waals surface area contributed by atoms with Gasteiger partial charge in [0.2, 0.25) is 5.91 Å². The molecule has 1 aliphatic heterocycles. The normalized spacial score (nSPS) is 16.0. The Kier molecular flexibility index (Phi) is 6.52. The molecule has 1 atom stereocenters. The van der Waals surface area contributed by atoms with E-state index in [0.717, 1.165) is 47.3 Å². The van der Waals surface area contributed by atoms with Gasteiger partial charge in [-0.3, -0.25) is 9.78 Å². The van der Waals surface area contributed by atoms with Gasteiger partial charge in [-0.05, 0) is 42.2 Å². The van der Waals surface area contributed by atoms with Crippen LogP contribution in [0.15, 0.2) is 97.5 Å². The van der Waals surface area contributed by atoms with Crippen LogP contribution >= 0.6 is 0 Å². The summed E-state index contributed by atoms with van der Waals surface area (Å²) in [6.45, 7) is 1.40. The molecule has 0 saturated carbocycles. The SMILES string of the molecule is O=C(C=Cc1ccccc1)N1CCCC(c2nc(-c3ccncc3)ncc2-c2ccccc2)C1. The van der Waals surface area contributed by atoms with Gasteiger partial charge in [0.15, 0.2) is 5.82 Å². The molecule has 1 aliphatic rings. The van der Waals surface area contributed by atoms with Crippen molar-refractivity contribution in [2.45, 2.75) is 18.8 Å². The number of hydrogen-bond donors (Lipinski definition) is 0. The molecule has 1 amide bonds. The number of hydrogen-bond acceptors (Lipinski definition) is 4. The van der Waals surface area contributed by atoms with E-state index in [0.29, 0.717) is 12.4 Å². The summed E-state index contributed by atoms with van der Waals surface area (Å²) in [6.07, 6.45) is 10.9. The largest absolute Gasteiger partial charge is 0.338 e. The minimum atomic E-state index is 0.0400. The van der Waals surface area contributed by atoms with Crippen LogP contribution in [0.1, 0.15) is 30.0 Å². The minimum absolute atomic E-state index is 0.0400. The molecule has 2 aromatic carbocycles. The molecule has 5 rings (SSSR count). The van der Waals surface area contributed by atoms with Crippen LogP contribution in [-0.4, -0.2) is 38.8 Å². The molecule has 5 nitrogen and oxygen atoms in total. The van der Waals surface area contributed by atoms with Gasteiger partial charge in [0.1, 0.15) is 0 Å². The van der Waals surface area contributed by atoms with Crippen molar-refractivity contribution in [2.24, 2.45) is 0 Å².